The van der Waals surface area contributed by atoms with Crippen LogP contribution in [0, 0.1) is 0 Å². The first kappa shape index (κ1) is 19.4. The number of rotatable bonds is 5. The molecular formula is C22H20N4O4. The lowest BCUT2D eigenvalue weighted by Gasteiger charge is -2.24. The summed E-state index contributed by atoms with van der Waals surface area (Å²) >= 11 is 0. The summed E-state index contributed by atoms with van der Waals surface area (Å²) in [5, 5.41) is 9.98. The SMILES string of the molecule is COc1ccccc1-c1cnn2c1NC(=O)C[C@H]2C(=O)Nc1ccc(C(C)=O)cc1. The number of carbonyl (C=O) groups is 3. The Morgan fingerprint density at radius 1 is 1.13 bits per heavy atom. The molecule has 2 N–H and O–H groups in total. The van der Waals surface area contributed by atoms with Gasteiger partial charge in [-0.15, -0.1) is 0 Å². The van der Waals surface area contributed by atoms with Crippen molar-refractivity contribution in [3.63, 3.8) is 0 Å². The van der Waals surface area contributed by atoms with E-state index in [1.807, 2.05) is 24.3 Å². The van der Waals surface area contributed by atoms with Crippen molar-refractivity contribution < 1.29 is 19.1 Å². The van der Waals surface area contributed by atoms with E-state index < -0.39 is 6.04 Å². The zero-order valence-electron chi connectivity index (χ0n) is 16.5. The number of ketones is 1. The number of ether oxygens (including phenoxy) is 1. The quantitative estimate of drug-likeness (QED) is 0.636. The highest BCUT2D eigenvalue weighted by Gasteiger charge is 2.33. The van der Waals surface area contributed by atoms with Gasteiger partial charge in [-0.25, -0.2) is 4.68 Å². The Morgan fingerprint density at radius 2 is 1.87 bits per heavy atom. The molecule has 1 aliphatic rings. The molecule has 0 unspecified atom stereocenters. The number of fused-ring (bicyclic) bond motifs is 1. The second-order valence-corrected chi connectivity index (χ2v) is 6.94. The van der Waals surface area contributed by atoms with Crippen LogP contribution in [0.2, 0.25) is 0 Å². The number of hydrogen-bond acceptors (Lipinski definition) is 5. The van der Waals surface area contributed by atoms with E-state index in [9.17, 15) is 14.4 Å². The van der Waals surface area contributed by atoms with Gasteiger partial charge in [-0.05, 0) is 37.3 Å². The summed E-state index contributed by atoms with van der Waals surface area (Å²) in [6.07, 6.45) is 1.58. The van der Waals surface area contributed by atoms with Crippen molar-refractivity contribution in [2.24, 2.45) is 0 Å². The average Bonchev–Trinajstić information content (AvgIpc) is 3.16. The number of nitrogens with one attached hydrogen (secondary N) is 2. The van der Waals surface area contributed by atoms with Crippen LogP contribution in [0.5, 0.6) is 5.75 Å². The topological polar surface area (TPSA) is 102 Å². The van der Waals surface area contributed by atoms with Crippen molar-refractivity contribution in [1.29, 1.82) is 0 Å². The molecule has 0 aliphatic carbocycles. The highest BCUT2D eigenvalue weighted by Crippen LogP contribution is 2.38. The molecule has 152 valence electrons. The Balaban J connectivity index is 1.64. The number of anilines is 2. The average molecular weight is 404 g/mol. The van der Waals surface area contributed by atoms with Gasteiger partial charge in [0, 0.05) is 22.4 Å². The number of para-hydroxylation sites is 1. The van der Waals surface area contributed by atoms with Crippen LogP contribution >= 0.6 is 0 Å². The van der Waals surface area contributed by atoms with E-state index in [2.05, 4.69) is 15.7 Å². The van der Waals surface area contributed by atoms with Crippen molar-refractivity contribution >= 4 is 29.1 Å². The van der Waals surface area contributed by atoms with Gasteiger partial charge in [0.25, 0.3) is 0 Å². The molecule has 8 heteroatoms. The third kappa shape index (κ3) is 3.55. The maximum absolute atomic E-state index is 12.9. The molecule has 3 aromatic rings. The van der Waals surface area contributed by atoms with E-state index >= 15 is 0 Å². The zero-order chi connectivity index (χ0) is 21.3. The summed E-state index contributed by atoms with van der Waals surface area (Å²) < 4.78 is 6.93. The summed E-state index contributed by atoms with van der Waals surface area (Å²) in [5.74, 6) is 0.395. The fourth-order valence-electron chi connectivity index (χ4n) is 3.45. The smallest absolute Gasteiger partial charge is 0.249 e. The molecule has 0 bridgehead atoms. The van der Waals surface area contributed by atoms with Gasteiger partial charge >= 0.3 is 0 Å². The number of nitrogens with zero attached hydrogens (tertiary/aromatic N) is 2. The van der Waals surface area contributed by atoms with Crippen molar-refractivity contribution in [3.8, 4) is 16.9 Å². The van der Waals surface area contributed by atoms with Crippen molar-refractivity contribution in [3.05, 3.63) is 60.3 Å². The van der Waals surface area contributed by atoms with Crippen LogP contribution in [-0.2, 0) is 9.59 Å². The summed E-state index contributed by atoms with van der Waals surface area (Å²) in [7, 11) is 1.57. The number of benzene rings is 2. The summed E-state index contributed by atoms with van der Waals surface area (Å²) in [6, 6.07) is 13.2. The Labute approximate surface area is 172 Å². The zero-order valence-corrected chi connectivity index (χ0v) is 16.5. The van der Waals surface area contributed by atoms with Crippen molar-refractivity contribution in [2.75, 3.05) is 17.7 Å². The highest BCUT2D eigenvalue weighted by molar-refractivity contribution is 6.03. The van der Waals surface area contributed by atoms with Crippen molar-refractivity contribution in [2.45, 2.75) is 19.4 Å². The maximum atomic E-state index is 12.9. The second kappa shape index (κ2) is 7.82. The predicted octanol–water partition coefficient (Wildman–Crippen LogP) is 3.28. The molecular weight excluding hydrogens is 384 g/mol. The molecule has 2 aromatic carbocycles. The van der Waals surface area contributed by atoms with Gasteiger partial charge in [-0.1, -0.05) is 18.2 Å². The molecule has 0 fully saturated rings. The first-order valence-corrected chi connectivity index (χ1v) is 9.40. The molecule has 2 amide bonds. The van der Waals surface area contributed by atoms with Gasteiger partial charge in [0.1, 0.15) is 17.6 Å². The third-order valence-electron chi connectivity index (χ3n) is 4.99. The number of Topliss-reactive ketones (excluding diaryl/α,β-unsaturated/α-hetero) is 1. The molecule has 0 saturated carbocycles. The summed E-state index contributed by atoms with van der Waals surface area (Å²) in [5.41, 5.74) is 2.53. The number of methoxy groups -OCH3 is 1. The molecule has 0 radical (unpaired) electrons. The molecule has 2 heterocycles. The van der Waals surface area contributed by atoms with Crippen LogP contribution in [-0.4, -0.2) is 34.5 Å². The monoisotopic (exact) mass is 404 g/mol. The van der Waals surface area contributed by atoms with Gasteiger partial charge in [0.05, 0.1) is 19.7 Å². The fraction of sp³-hybridized carbons (Fsp3) is 0.182. The standard InChI is InChI=1S/C22H20N4O4/c1-13(27)14-7-9-15(10-8-14)24-22(29)18-11-20(28)25-21-17(12-23-26(18)21)16-5-3-4-6-19(16)30-2/h3-10,12,18H,11H2,1-2H3,(H,24,29)(H,25,28)/t18-/m0/s1. The van der Waals surface area contributed by atoms with Gasteiger partial charge in [-0.2, -0.15) is 5.10 Å². The fourth-order valence-corrected chi connectivity index (χ4v) is 3.45. The largest absolute Gasteiger partial charge is 0.496 e. The maximum Gasteiger partial charge on any atom is 0.249 e. The minimum atomic E-state index is -0.801. The molecule has 1 aromatic heterocycles. The summed E-state index contributed by atoms with van der Waals surface area (Å²) in [4.78, 5) is 36.7. The van der Waals surface area contributed by atoms with Gasteiger partial charge in [0.15, 0.2) is 5.78 Å². The van der Waals surface area contributed by atoms with Crippen LogP contribution in [0.4, 0.5) is 11.5 Å². The van der Waals surface area contributed by atoms with E-state index in [4.69, 9.17) is 4.74 Å². The Kier molecular flexibility index (Phi) is 5.05. The number of hydrogen-bond donors (Lipinski definition) is 2. The number of aromatic nitrogens is 2. The van der Waals surface area contributed by atoms with Crippen LogP contribution < -0.4 is 15.4 Å². The molecule has 8 nitrogen and oxygen atoms in total. The minimum absolute atomic E-state index is 0.0303. The highest BCUT2D eigenvalue weighted by atomic mass is 16.5. The van der Waals surface area contributed by atoms with Gasteiger partial charge < -0.3 is 15.4 Å². The lowest BCUT2D eigenvalue weighted by molar-refractivity contribution is -0.125. The second-order valence-electron chi connectivity index (χ2n) is 6.94. The Morgan fingerprint density at radius 3 is 2.57 bits per heavy atom. The first-order chi connectivity index (χ1) is 14.5. The first-order valence-electron chi connectivity index (χ1n) is 9.40. The van der Waals surface area contributed by atoms with Gasteiger partial charge in [-0.3, -0.25) is 14.4 Å². The van der Waals surface area contributed by atoms with E-state index in [0.29, 0.717) is 28.4 Å². The molecule has 4 rings (SSSR count). The summed E-state index contributed by atoms with van der Waals surface area (Å²) in [6.45, 7) is 1.48. The van der Waals surface area contributed by atoms with E-state index in [-0.39, 0.29) is 24.0 Å². The molecule has 30 heavy (non-hydrogen) atoms. The van der Waals surface area contributed by atoms with E-state index in [1.54, 1.807) is 37.6 Å². The molecule has 0 saturated heterocycles. The van der Waals surface area contributed by atoms with E-state index in [1.165, 1.54) is 11.6 Å². The van der Waals surface area contributed by atoms with Crippen LogP contribution in [0.25, 0.3) is 11.1 Å². The lowest BCUT2D eigenvalue weighted by Crippen LogP contribution is -2.35. The van der Waals surface area contributed by atoms with Crippen LogP contribution in [0.15, 0.2) is 54.7 Å². The lowest BCUT2D eigenvalue weighted by atomic mass is 10.1. The van der Waals surface area contributed by atoms with Gasteiger partial charge in [0.2, 0.25) is 11.8 Å². The Hall–Kier alpha value is -3.94. The molecule has 0 spiro atoms. The predicted molar refractivity (Wildman–Crippen MR) is 112 cm³/mol. The normalized spacial score (nSPS) is 15.1. The Bertz CT molecular complexity index is 1130. The van der Waals surface area contributed by atoms with Crippen LogP contribution in [0.3, 0.4) is 0 Å². The minimum Gasteiger partial charge on any atom is -0.496 e. The third-order valence-corrected chi connectivity index (χ3v) is 4.99. The van der Waals surface area contributed by atoms with E-state index in [0.717, 1.165) is 5.56 Å². The van der Waals surface area contributed by atoms with Crippen molar-refractivity contribution in [1.82, 2.24) is 9.78 Å². The van der Waals surface area contributed by atoms with Crippen LogP contribution in [0.1, 0.15) is 29.7 Å². The number of carbonyl (C=O) groups excluding carboxylic acids is 3. The molecule has 1 aliphatic heterocycles. The molecule has 1 atom stereocenters. The number of amides is 2.